The molecule has 0 bridgehead atoms. The Morgan fingerprint density at radius 2 is 1.18 bits per heavy atom. The number of likely N-dealkylation sites (N-methyl/N-ethyl adjacent to an activating group) is 1. The lowest BCUT2D eigenvalue weighted by Gasteiger charge is -2.28. The largest absolute Gasteiger partial charge is 0.326 e. The predicted molar refractivity (Wildman–Crippen MR) is 51.3 cm³/mol. The summed E-state index contributed by atoms with van der Waals surface area (Å²) in [4.78, 5) is 0. The molecule has 0 saturated carbocycles. The molecule has 0 fully saturated rings. The Kier molecular flexibility index (Phi) is 9.77. The maximum Gasteiger partial charge on any atom is 0.0907 e. The number of hydrogen-bond donors (Lipinski definition) is 2. The summed E-state index contributed by atoms with van der Waals surface area (Å²) < 4.78 is 0.938. The van der Waals surface area contributed by atoms with Crippen LogP contribution in [0.2, 0.25) is 0 Å². The van der Waals surface area contributed by atoms with Gasteiger partial charge in [0, 0.05) is 13.1 Å². The van der Waals surface area contributed by atoms with E-state index in [-0.39, 0.29) is 0 Å². The molecular weight excluding hydrogens is 138 g/mol. The average Bonchev–Trinajstić information content (AvgIpc) is 1.91. The standard InChI is InChI=1S/C6H18N3.C2H6/c1-9(2,5-3-7)6-4-8;1-2/h3-8H2,1-2H3;1-2H3/q+1;. The second-order valence-corrected chi connectivity index (χ2v) is 2.96. The molecule has 0 saturated heterocycles. The van der Waals surface area contributed by atoms with Crippen molar-refractivity contribution in [1.29, 1.82) is 0 Å². The Hall–Kier alpha value is -0.120. The molecule has 0 aromatic carbocycles. The first-order valence-corrected chi connectivity index (χ1v) is 4.34. The quantitative estimate of drug-likeness (QED) is 0.572. The van der Waals surface area contributed by atoms with Crippen LogP contribution in [0.5, 0.6) is 0 Å². The van der Waals surface area contributed by atoms with Crippen LogP contribution in [-0.4, -0.2) is 44.8 Å². The van der Waals surface area contributed by atoms with Crippen LogP contribution in [0.3, 0.4) is 0 Å². The van der Waals surface area contributed by atoms with Crippen LogP contribution in [0.4, 0.5) is 0 Å². The van der Waals surface area contributed by atoms with Crippen molar-refractivity contribution in [2.75, 3.05) is 40.3 Å². The molecule has 70 valence electrons. The summed E-state index contributed by atoms with van der Waals surface area (Å²) >= 11 is 0. The van der Waals surface area contributed by atoms with Crippen LogP contribution in [-0.2, 0) is 0 Å². The second kappa shape index (κ2) is 7.98. The SMILES string of the molecule is CC.C[N+](C)(CCN)CCN. The Morgan fingerprint density at radius 1 is 0.909 bits per heavy atom. The highest BCUT2D eigenvalue weighted by molar-refractivity contribution is 4.36. The summed E-state index contributed by atoms with van der Waals surface area (Å²) in [7, 11) is 4.28. The third-order valence-corrected chi connectivity index (χ3v) is 1.47. The first kappa shape index (κ1) is 13.5. The summed E-state index contributed by atoms with van der Waals surface area (Å²) in [5, 5.41) is 0. The number of rotatable bonds is 4. The molecule has 3 heteroatoms. The van der Waals surface area contributed by atoms with E-state index in [1.807, 2.05) is 13.8 Å². The normalized spacial score (nSPS) is 10.4. The van der Waals surface area contributed by atoms with Gasteiger partial charge in [-0.05, 0) is 0 Å². The minimum Gasteiger partial charge on any atom is -0.326 e. The molecule has 0 radical (unpaired) electrons. The van der Waals surface area contributed by atoms with Crippen LogP contribution in [0.15, 0.2) is 0 Å². The van der Waals surface area contributed by atoms with Gasteiger partial charge in [-0.3, -0.25) is 0 Å². The fraction of sp³-hybridized carbons (Fsp3) is 1.00. The van der Waals surface area contributed by atoms with Gasteiger partial charge in [0.15, 0.2) is 0 Å². The summed E-state index contributed by atoms with van der Waals surface area (Å²) in [5.74, 6) is 0. The van der Waals surface area contributed by atoms with Gasteiger partial charge in [-0.1, -0.05) is 13.8 Å². The van der Waals surface area contributed by atoms with E-state index in [0.717, 1.165) is 30.7 Å². The van der Waals surface area contributed by atoms with Gasteiger partial charge in [0.05, 0.1) is 27.2 Å². The van der Waals surface area contributed by atoms with Crippen LogP contribution in [0, 0.1) is 0 Å². The predicted octanol–water partition coefficient (Wildman–Crippen LogP) is 0.00640. The van der Waals surface area contributed by atoms with Crippen molar-refractivity contribution >= 4 is 0 Å². The monoisotopic (exact) mass is 162 g/mol. The molecule has 3 nitrogen and oxygen atoms in total. The third-order valence-electron chi connectivity index (χ3n) is 1.47. The molecule has 0 heterocycles. The van der Waals surface area contributed by atoms with Crippen molar-refractivity contribution in [3.63, 3.8) is 0 Å². The first-order chi connectivity index (χ1) is 5.12. The van der Waals surface area contributed by atoms with E-state index in [0.29, 0.717) is 0 Å². The van der Waals surface area contributed by atoms with E-state index in [1.165, 1.54) is 0 Å². The molecule has 0 aliphatic rings. The molecule has 0 atom stereocenters. The molecule has 0 aromatic heterocycles. The van der Waals surface area contributed by atoms with E-state index in [1.54, 1.807) is 0 Å². The number of nitrogens with two attached hydrogens (primary N) is 2. The Balaban J connectivity index is 0. The fourth-order valence-corrected chi connectivity index (χ4v) is 0.811. The Morgan fingerprint density at radius 3 is 1.36 bits per heavy atom. The Labute approximate surface area is 70.9 Å². The molecule has 4 N–H and O–H groups in total. The molecule has 0 rings (SSSR count). The summed E-state index contributed by atoms with van der Waals surface area (Å²) in [6.07, 6.45) is 0. The van der Waals surface area contributed by atoms with E-state index in [4.69, 9.17) is 11.5 Å². The maximum absolute atomic E-state index is 5.39. The zero-order chi connectivity index (χ0) is 9.33. The molecule has 0 spiro atoms. The van der Waals surface area contributed by atoms with Gasteiger partial charge in [0.2, 0.25) is 0 Å². The zero-order valence-electron chi connectivity index (χ0n) is 8.43. The van der Waals surface area contributed by atoms with E-state index in [9.17, 15) is 0 Å². The molecule has 0 amide bonds. The lowest BCUT2D eigenvalue weighted by Crippen LogP contribution is -2.46. The van der Waals surface area contributed by atoms with Gasteiger partial charge in [-0.15, -0.1) is 0 Å². The molecule has 0 unspecified atom stereocenters. The van der Waals surface area contributed by atoms with Crippen molar-refractivity contribution in [2.24, 2.45) is 11.5 Å². The first-order valence-electron chi connectivity index (χ1n) is 4.34. The van der Waals surface area contributed by atoms with Crippen molar-refractivity contribution in [2.45, 2.75) is 13.8 Å². The summed E-state index contributed by atoms with van der Waals surface area (Å²) in [6.45, 7) is 7.51. The highest BCUT2D eigenvalue weighted by Crippen LogP contribution is 1.91. The smallest absolute Gasteiger partial charge is 0.0907 e. The van der Waals surface area contributed by atoms with Gasteiger partial charge in [0.1, 0.15) is 0 Å². The van der Waals surface area contributed by atoms with E-state index >= 15 is 0 Å². The van der Waals surface area contributed by atoms with Crippen LogP contribution >= 0.6 is 0 Å². The number of nitrogens with zero attached hydrogens (tertiary/aromatic N) is 1. The topological polar surface area (TPSA) is 52.0 Å². The minimum absolute atomic E-state index is 0.743. The lowest BCUT2D eigenvalue weighted by molar-refractivity contribution is -0.887. The van der Waals surface area contributed by atoms with Gasteiger partial charge in [0.25, 0.3) is 0 Å². The minimum atomic E-state index is 0.743. The van der Waals surface area contributed by atoms with Crippen molar-refractivity contribution in [1.82, 2.24) is 0 Å². The van der Waals surface area contributed by atoms with Crippen LogP contribution < -0.4 is 11.5 Å². The highest BCUT2D eigenvalue weighted by atomic mass is 15.3. The third kappa shape index (κ3) is 9.88. The van der Waals surface area contributed by atoms with Gasteiger partial charge in [-0.2, -0.15) is 0 Å². The highest BCUT2D eigenvalue weighted by Gasteiger charge is 2.10. The number of quaternary nitrogens is 1. The maximum atomic E-state index is 5.39. The van der Waals surface area contributed by atoms with Crippen LogP contribution in [0.25, 0.3) is 0 Å². The van der Waals surface area contributed by atoms with Crippen LogP contribution in [0.1, 0.15) is 13.8 Å². The fourth-order valence-electron chi connectivity index (χ4n) is 0.811. The Bertz CT molecular complexity index is 63.7. The van der Waals surface area contributed by atoms with Crippen molar-refractivity contribution in [3.8, 4) is 0 Å². The molecule has 0 aliphatic carbocycles. The summed E-state index contributed by atoms with van der Waals surface area (Å²) in [6, 6.07) is 0. The van der Waals surface area contributed by atoms with E-state index in [2.05, 4.69) is 14.1 Å². The molecular formula is C8H24N3+. The van der Waals surface area contributed by atoms with Gasteiger partial charge >= 0.3 is 0 Å². The van der Waals surface area contributed by atoms with Crippen molar-refractivity contribution < 1.29 is 4.48 Å². The van der Waals surface area contributed by atoms with Gasteiger partial charge in [-0.25, -0.2) is 0 Å². The average molecular weight is 162 g/mol. The van der Waals surface area contributed by atoms with Crippen molar-refractivity contribution in [3.05, 3.63) is 0 Å². The molecule has 0 aliphatic heterocycles. The molecule has 0 aromatic rings. The summed E-state index contributed by atoms with van der Waals surface area (Å²) in [5.41, 5.74) is 10.8. The van der Waals surface area contributed by atoms with E-state index < -0.39 is 0 Å². The number of hydrogen-bond acceptors (Lipinski definition) is 2. The lowest BCUT2D eigenvalue weighted by atomic mass is 10.4. The second-order valence-electron chi connectivity index (χ2n) is 2.96. The van der Waals surface area contributed by atoms with Gasteiger partial charge < -0.3 is 16.0 Å². The zero-order valence-corrected chi connectivity index (χ0v) is 8.43. The molecule has 11 heavy (non-hydrogen) atoms.